The fourth-order valence-electron chi connectivity index (χ4n) is 2.67. The van der Waals surface area contributed by atoms with Crippen molar-refractivity contribution in [3.63, 3.8) is 0 Å². The molecule has 0 unspecified atom stereocenters. The summed E-state index contributed by atoms with van der Waals surface area (Å²) >= 11 is 0. The minimum Gasteiger partial charge on any atom is -0.491 e. The number of rotatable bonds is 8. The van der Waals surface area contributed by atoms with Gasteiger partial charge in [0.05, 0.1) is 18.5 Å². The Morgan fingerprint density at radius 2 is 2.00 bits per heavy atom. The number of carbonyl (C=O) groups is 1. The molecule has 0 atom stereocenters. The van der Waals surface area contributed by atoms with Gasteiger partial charge in [-0.05, 0) is 55.3 Å². The summed E-state index contributed by atoms with van der Waals surface area (Å²) < 4.78 is 24.4. The van der Waals surface area contributed by atoms with Crippen LogP contribution in [-0.2, 0) is 11.2 Å². The van der Waals surface area contributed by atoms with Gasteiger partial charge in [0.1, 0.15) is 11.6 Å². The Balaban J connectivity index is 1.58. The SMILES string of the molecule is CCCOc1cc(C)ccc1NC(=O)CCc1ncc(-c2ccc(F)cc2)o1. The Morgan fingerprint density at radius 3 is 2.75 bits per heavy atom. The first-order valence-corrected chi connectivity index (χ1v) is 9.29. The number of nitrogens with zero attached hydrogens (tertiary/aromatic N) is 1. The van der Waals surface area contributed by atoms with E-state index in [1.54, 1.807) is 18.3 Å². The molecule has 2 aromatic carbocycles. The fraction of sp³-hybridized carbons (Fsp3) is 0.273. The summed E-state index contributed by atoms with van der Waals surface area (Å²) in [6, 6.07) is 11.7. The lowest BCUT2D eigenvalue weighted by atomic mass is 10.2. The van der Waals surface area contributed by atoms with Crippen LogP contribution in [-0.4, -0.2) is 17.5 Å². The van der Waals surface area contributed by atoms with Gasteiger partial charge in [-0.3, -0.25) is 4.79 Å². The molecule has 0 bridgehead atoms. The van der Waals surface area contributed by atoms with Gasteiger partial charge in [-0.2, -0.15) is 0 Å². The number of aryl methyl sites for hydroxylation is 2. The number of hydrogen-bond acceptors (Lipinski definition) is 4. The van der Waals surface area contributed by atoms with Crippen molar-refractivity contribution >= 4 is 11.6 Å². The standard InChI is InChI=1S/C22H23FN2O3/c1-3-12-27-19-13-15(2)4-9-18(19)25-21(26)10-11-22-24-14-20(28-22)16-5-7-17(23)8-6-16/h4-9,13-14H,3,10-12H2,1-2H3,(H,25,26). The first kappa shape index (κ1) is 19.6. The van der Waals surface area contributed by atoms with Crippen LogP contribution >= 0.6 is 0 Å². The van der Waals surface area contributed by atoms with E-state index in [1.165, 1.54) is 12.1 Å². The number of aromatic nitrogens is 1. The van der Waals surface area contributed by atoms with Gasteiger partial charge in [0.2, 0.25) is 5.91 Å². The van der Waals surface area contributed by atoms with E-state index in [9.17, 15) is 9.18 Å². The second kappa shape index (κ2) is 9.17. The molecule has 0 saturated carbocycles. The van der Waals surface area contributed by atoms with Crippen molar-refractivity contribution in [3.8, 4) is 17.1 Å². The van der Waals surface area contributed by atoms with Gasteiger partial charge < -0.3 is 14.5 Å². The van der Waals surface area contributed by atoms with Crippen molar-refractivity contribution in [2.45, 2.75) is 33.1 Å². The molecule has 146 valence electrons. The van der Waals surface area contributed by atoms with Crippen LogP contribution in [0.1, 0.15) is 31.2 Å². The highest BCUT2D eigenvalue weighted by Crippen LogP contribution is 2.26. The molecule has 1 amide bonds. The molecule has 1 N–H and O–H groups in total. The molecule has 0 radical (unpaired) electrons. The van der Waals surface area contributed by atoms with Gasteiger partial charge in [0, 0.05) is 18.4 Å². The molecule has 28 heavy (non-hydrogen) atoms. The Bertz CT molecular complexity index is 935. The van der Waals surface area contributed by atoms with E-state index in [-0.39, 0.29) is 18.1 Å². The third-order valence-electron chi connectivity index (χ3n) is 4.12. The topological polar surface area (TPSA) is 64.4 Å². The van der Waals surface area contributed by atoms with Crippen molar-refractivity contribution in [1.82, 2.24) is 4.98 Å². The van der Waals surface area contributed by atoms with Crippen molar-refractivity contribution < 1.29 is 18.3 Å². The van der Waals surface area contributed by atoms with Gasteiger partial charge in [-0.1, -0.05) is 13.0 Å². The maximum absolute atomic E-state index is 13.0. The van der Waals surface area contributed by atoms with Crippen LogP contribution in [0.3, 0.4) is 0 Å². The van der Waals surface area contributed by atoms with Crippen LogP contribution in [0, 0.1) is 12.7 Å². The van der Waals surface area contributed by atoms with Crippen LogP contribution in [0.4, 0.5) is 10.1 Å². The minimum absolute atomic E-state index is 0.147. The maximum atomic E-state index is 13.0. The predicted molar refractivity (Wildman–Crippen MR) is 106 cm³/mol. The summed E-state index contributed by atoms with van der Waals surface area (Å²) in [5, 5.41) is 2.89. The summed E-state index contributed by atoms with van der Waals surface area (Å²) in [7, 11) is 0. The highest BCUT2D eigenvalue weighted by atomic mass is 19.1. The van der Waals surface area contributed by atoms with Crippen molar-refractivity contribution in [3.05, 3.63) is 65.9 Å². The lowest BCUT2D eigenvalue weighted by Crippen LogP contribution is -2.13. The molecule has 0 spiro atoms. The van der Waals surface area contributed by atoms with Crippen molar-refractivity contribution in [2.24, 2.45) is 0 Å². The van der Waals surface area contributed by atoms with Gasteiger partial charge >= 0.3 is 0 Å². The highest BCUT2D eigenvalue weighted by molar-refractivity contribution is 5.92. The van der Waals surface area contributed by atoms with Crippen LogP contribution in [0.15, 0.2) is 53.1 Å². The van der Waals surface area contributed by atoms with Crippen LogP contribution < -0.4 is 10.1 Å². The molecular formula is C22H23FN2O3. The third kappa shape index (κ3) is 5.19. The van der Waals surface area contributed by atoms with Gasteiger partial charge in [-0.25, -0.2) is 9.37 Å². The predicted octanol–water partition coefficient (Wildman–Crippen LogP) is 5.15. The third-order valence-corrected chi connectivity index (χ3v) is 4.12. The molecule has 0 aliphatic heterocycles. The van der Waals surface area contributed by atoms with E-state index < -0.39 is 0 Å². The number of hydrogen-bond donors (Lipinski definition) is 1. The van der Waals surface area contributed by atoms with E-state index >= 15 is 0 Å². The number of ether oxygens (including phenoxy) is 1. The molecule has 0 aliphatic carbocycles. The molecule has 3 rings (SSSR count). The molecule has 0 aliphatic rings. The summed E-state index contributed by atoms with van der Waals surface area (Å²) in [5.74, 6) is 1.22. The summed E-state index contributed by atoms with van der Waals surface area (Å²) in [6.07, 6.45) is 3.06. The Hall–Kier alpha value is -3.15. The lowest BCUT2D eigenvalue weighted by molar-refractivity contribution is -0.116. The maximum Gasteiger partial charge on any atom is 0.224 e. The molecular weight excluding hydrogens is 359 g/mol. The number of benzene rings is 2. The average molecular weight is 382 g/mol. The quantitative estimate of drug-likeness (QED) is 0.585. The van der Waals surface area contributed by atoms with Gasteiger partial charge in [-0.15, -0.1) is 0 Å². The zero-order valence-corrected chi connectivity index (χ0v) is 16.0. The monoisotopic (exact) mass is 382 g/mol. The van der Waals surface area contributed by atoms with E-state index in [1.807, 2.05) is 32.0 Å². The van der Waals surface area contributed by atoms with E-state index in [4.69, 9.17) is 9.15 Å². The Labute approximate surface area is 163 Å². The van der Waals surface area contributed by atoms with Crippen LogP contribution in [0.5, 0.6) is 5.75 Å². The fourth-order valence-corrected chi connectivity index (χ4v) is 2.67. The number of amides is 1. The summed E-state index contributed by atoms with van der Waals surface area (Å²) in [5.41, 5.74) is 2.46. The molecule has 3 aromatic rings. The van der Waals surface area contributed by atoms with Crippen LogP contribution in [0.2, 0.25) is 0 Å². The lowest BCUT2D eigenvalue weighted by Gasteiger charge is -2.12. The van der Waals surface area contributed by atoms with Crippen molar-refractivity contribution in [1.29, 1.82) is 0 Å². The molecule has 6 heteroatoms. The Kier molecular flexibility index (Phi) is 6.42. The minimum atomic E-state index is -0.307. The van der Waals surface area contributed by atoms with E-state index in [2.05, 4.69) is 10.3 Å². The molecule has 1 aromatic heterocycles. The number of carbonyl (C=O) groups excluding carboxylic acids is 1. The van der Waals surface area contributed by atoms with Crippen molar-refractivity contribution in [2.75, 3.05) is 11.9 Å². The van der Waals surface area contributed by atoms with E-state index in [0.717, 1.165) is 17.5 Å². The number of halogens is 1. The van der Waals surface area contributed by atoms with Gasteiger partial charge in [0.15, 0.2) is 11.7 Å². The largest absolute Gasteiger partial charge is 0.491 e. The number of nitrogens with one attached hydrogen (secondary N) is 1. The number of anilines is 1. The molecule has 5 nitrogen and oxygen atoms in total. The van der Waals surface area contributed by atoms with E-state index in [0.29, 0.717) is 36.1 Å². The van der Waals surface area contributed by atoms with Crippen LogP contribution in [0.25, 0.3) is 11.3 Å². The number of oxazole rings is 1. The first-order valence-electron chi connectivity index (χ1n) is 9.29. The average Bonchev–Trinajstić information content (AvgIpc) is 3.16. The summed E-state index contributed by atoms with van der Waals surface area (Å²) in [4.78, 5) is 16.5. The normalized spacial score (nSPS) is 10.7. The zero-order valence-electron chi connectivity index (χ0n) is 16.0. The second-order valence-electron chi connectivity index (χ2n) is 6.52. The Morgan fingerprint density at radius 1 is 1.21 bits per heavy atom. The van der Waals surface area contributed by atoms with Gasteiger partial charge in [0.25, 0.3) is 0 Å². The molecule has 0 saturated heterocycles. The first-order chi connectivity index (χ1) is 13.5. The zero-order chi connectivity index (χ0) is 19.9. The summed E-state index contributed by atoms with van der Waals surface area (Å²) in [6.45, 7) is 4.60. The second-order valence-corrected chi connectivity index (χ2v) is 6.52. The smallest absolute Gasteiger partial charge is 0.224 e. The highest BCUT2D eigenvalue weighted by Gasteiger charge is 2.12. The molecule has 1 heterocycles. The molecule has 0 fully saturated rings.